The summed E-state index contributed by atoms with van der Waals surface area (Å²) in [7, 11) is 0. The lowest BCUT2D eigenvalue weighted by molar-refractivity contribution is 0.0260. The van der Waals surface area contributed by atoms with Gasteiger partial charge in [0, 0.05) is 13.1 Å². The minimum atomic E-state index is -1.80. The Morgan fingerprint density at radius 1 is 1.44 bits per heavy atom. The number of ether oxygens (including phenoxy) is 1. The van der Waals surface area contributed by atoms with Gasteiger partial charge in [0.25, 0.3) is 0 Å². The monoisotopic (exact) mass is 251 g/mol. The minimum absolute atomic E-state index is 0.180. The molecular weight excluding hydrogens is 230 g/mol. The van der Waals surface area contributed by atoms with E-state index in [9.17, 15) is 9.00 Å². The molecule has 16 heavy (non-hydrogen) atoms. The third-order valence-electron chi connectivity index (χ3n) is 1.78. The first-order valence-corrected chi connectivity index (χ1v) is 6.59. The molecule has 5 nitrogen and oxygen atoms in total. The molecule has 1 atom stereocenters. The Morgan fingerprint density at radius 2 is 2.00 bits per heavy atom. The average Bonchev–Trinajstić information content (AvgIpc) is 2.08. The Labute approximate surface area is 99.4 Å². The lowest BCUT2D eigenvalue weighted by Crippen LogP contribution is -2.37. The maximum atomic E-state index is 11.6. The van der Waals surface area contributed by atoms with Crippen molar-refractivity contribution >= 4 is 17.2 Å². The summed E-state index contributed by atoms with van der Waals surface area (Å²) in [5, 5.41) is 0. The zero-order valence-electron chi connectivity index (χ0n) is 10.4. The van der Waals surface area contributed by atoms with Crippen LogP contribution in [0.4, 0.5) is 4.79 Å². The van der Waals surface area contributed by atoms with Gasteiger partial charge in [-0.2, -0.15) is 0 Å². The van der Waals surface area contributed by atoms with Gasteiger partial charge in [0.05, 0.1) is 5.75 Å². The summed E-state index contributed by atoms with van der Waals surface area (Å²) in [6, 6.07) is 0. The van der Waals surface area contributed by atoms with Crippen LogP contribution in [0.15, 0.2) is 0 Å². The minimum Gasteiger partial charge on any atom is -0.444 e. The predicted octanol–water partition coefficient (Wildman–Crippen LogP) is 1.86. The molecule has 0 radical (unpaired) electrons. The van der Waals surface area contributed by atoms with Crippen LogP contribution in [-0.4, -0.2) is 44.2 Å². The van der Waals surface area contributed by atoms with E-state index in [1.807, 2.05) is 27.7 Å². The van der Waals surface area contributed by atoms with Crippen molar-refractivity contribution in [2.24, 2.45) is 0 Å². The van der Waals surface area contributed by atoms with E-state index >= 15 is 0 Å². The van der Waals surface area contributed by atoms with E-state index in [4.69, 9.17) is 9.29 Å². The normalized spacial score (nSPS) is 13.3. The van der Waals surface area contributed by atoms with E-state index in [-0.39, 0.29) is 11.8 Å². The summed E-state index contributed by atoms with van der Waals surface area (Å²) in [5.74, 6) is 0.180. The fraction of sp³-hybridized carbons (Fsp3) is 0.900. The SMILES string of the molecule is CCN(CCCS(=O)O)C(=O)OC(C)(C)C. The van der Waals surface area contributed by atoms with Crippen molar-refractivity contribution in [2.75, 3.05) is 18.8 Å². The zero-order chi connectivity index (χ0) is 12.8. The van der Waals surface area contributed by atoms with Gasteiger partial charge in [0.15, 0.2) is 11.1 Å². The number of hydrogen-bond acceptors (Lipinski definition) is 3. The summed E-state index contributed by atoms with van der Waals surface area (Å²) in [5.41, 5.74) is -0.510. The van der Waals surface area contributed by atoms with Crippen LogP contribution in [0.5, 0.6) is 0 Å². The van der Waals surface area contributed by atoms with Gasteiger partial charge in [-0.25, -0.2) is 9.00 Å². The van der Waals surface area contributed by atoms with Crippen molar-refractivity contribution in [3.8, 4) is 0 Å². The standard InChI is InChI=1S/C10H21NO4S/c1-5-11(7-6-8-16(13)14)9(12)15-10(2,3)4/h5-8H2,1-4H3,(H,13,14). The summed E-state index contributed by atoms with van der Waals surface area (Å²) < 4.78 is 24.2. The molecule has 0 aliphatic carbocycles. The van der Waals surface area contributed by atoms with Crippen molar-refractivity contribution in [1.82, 2.24) is 4.90 Å². The molecule has 0 aliphatic rings. The van der Waals surface area contributed by atoms with Crippen molar-refractivity contribution in [3.63, 3.8) is 0 Å². The summed E-state index contributed by atoms with van der Waals surface area (Å²) >= 11 is -1.80. The molecule has 6 heteroatoms. The first kappa shape index (κ1) is 15.4. The highest BCUT2D eigenvalue weighted by atomic mass is 32.2. The van der Waals surface area contributed by atoms with E-state index in [1.165, 1.54) is 4.90 Å². The number of carbonyl (C=O) groups is 1. The van der Waals surface area contributed by atoms with Crippen LogP contribution in [0.1, 0.15) is 34.1 Å². The number of nitrogens with zero attached hydrogens (tertiary/aromatic N) is 1. The summed E-state index contributed by atoms with van der Waals surface area (Å²) in [4.78, 5) is 13.2. The van der Waals surface area contributed by atoms with Gasteiger partial charge in [-0.3, -0.25) is 0 Å². The van der Waals surface area contributed by atoms with Gasteiger partial charge < -0.3 is 14.2 Å². The first-order valence-electron chi connectivity index (χ1n) is 5.31. The van der Waals surface area contributed by atoms with Crippen LogP contribution in [0, 0.1) is 0 Å². The van der Waals surface area contributed by atoms with Crippen LogP contribution < -0.4 is 0 Å². The van der Waals surface area contributed by atoms with Crippen LogP contribution in [0.25, 0.3) is 0 Å². The number of carbonyl (C=O) groups excluding carboxylic acids is 1. The Kier molecular flexibility index (Phi) is 6.59. The van der Waals surface area contributed by atoms with Crippen molar-refractivity contribution in [1.29, 1.82) is 0 Å². The highest BCUT2D eigenvalue weighted by Crippen LogP contribution is 2.10. The van der Waals surface area contributed by atoms with E-state index in [0.29, 0.717) is 19.5 Å². The number of rotatable bonds is 5. The molecular formula is C10H21NO4S. The Bertz CT molecular complexity index is 250. The molecule has 0 fully saturated rings. The molecule has 0 saturated heterocycles. The van der Waals surface area contributed by atoms with Crippen LogP contribution in [0.2, 0.25) is 0 Å². The van der Waals surface area contributed by atoms with Crippen LogP contribution >= 0.6 is 0 Å². The lowest BCUT2D eigenvalue weighted by atomic mass is 10.2. The third kappa shape index (κ3) is 7.64. The average molecular weight is 251 g/mol. The molecule has 0 aromatic heterocycles. The highest BCUT2D eigenvalue weighted by molar-refractivity contribution is 7.79. The van der Waals surface area contributed by atoms with Crippen molar-refractivity contribution in [3.05, 3.63) is 0 Å². The van der Waals surface area contributed by atoms with E-state index < -0.39 is 16.7 Å². The number of amides is 1. The number of hydrogen-bond donors (Lipinski definition) is 1. The smallest absolute Gasteiger partial charge is 0.410 e. The lowest BCUT2D eigenvalue weighted by Gasteiger charge is -2.26. The molecule has 0 rings (SSSR count). The maximum absolute atomic E-state index is 11.6. The molecule has 1 amide bonds. The summed E-state index contributed by atoms with van der Waals surface area (Å²) in [6.07, 6.45) is 0.120. The van der Waals surface area contributed by atoms with E-state index in [1.54, 1.807) is 0 Å². The maximum Gasteiger partial charge on any atom is 0.410 e. The van der Waals surface area contributed by atoms with Gasteiger partial charge in [0.2, 0.25) is 0 Å². The van der Waals surface area contributed by atoms with Crippen molar-refractivity contribution in [2.45, 2.75) is 39.7 Å². The second-order valence-electron chi connectivity index (χ2n) is 4.44. The van der Waals surface area contributed by atoms with Crippen LogP contribution in [-0.2, 0) is 15.8 Å². The zero-order valence-corrected chi connectivity index (χ0v) is 11.2. The third-order valence-corrected chi connectivity index (χ3v) is 2.42. The molecule has 1 unspecified atom stereocenters. The van der Waals surface area contributed by atoms with Gasteiger partial charge >= 0.3 is 6.09 Å². The molecule has 0 aromatic rings. The highest BCUT2D eigenvalue weighted by Gasteiger charge is 2.20. The van der Waals surface area contributed by atoms with Gasteiger partial charge in [0.1, 0.15) is 5.60 Å². The first-order chi connectivity index (χ1) is 7.26. The molecule has 0 heterocycles. The molecule has 1 N–H and O–H groups in total. The topological polar surface area (TPSA) is 66.8 Å². The molecule has 0 aromatic carbocycles. The van der Waals surface area contributed by atoms with Gasteiger partial charge in [-0.15, -0.1) is 0 Å². The van der Waals surface area contributed by atoms with Crippen molar-refractivity contribution < 1.29 is 18.3 Å². The molecule has 0 spiro atoms. The van der Waals surface area contributed by atoms with Gasteiger partial charge in [-0.05, 0) is 34.1 Å². The fourth-order valence-corrected chi connectivity index (χ4v) is 1.46. The Morgan fingerprint density at radius 3 is 2.38 bits per heavy atom. The Balaban J connectivity index is 4.07. The fourth-order valence-electron chi connectivity index (χ4n) is 1.08. The van der Waals surface area contributed by atoms with Crippen LogP contribution in [0.3, 0.4) is 0 Å². The molecule has 0 saturated carbocycles. The second-order valence-corrected chi connectivity index (χ2v) is 5.49. The van der Waals surface area contributed by atoms with E-state index in [0.717, 1.165) is 0 Å². The molecule has 96 valence electrons. The van der Waals surface area contributed by atoms with E-state index in [2.05, 4.69) is 0 Å². The Hall–Kier alpha value is -0.620. The van der Waals surface area contributed by atoms with Gasteiger partial charge in [-0.1, -0.05) is 0 Å². The molecule has 0 bridgehead atoms. The predicted molar refractivity (Wildman–Crippen MR) is 63.7 cm³/mol. The second kappa shape index (κ2) is 6.85. The quantitative estimate of drug-likeness (QED) is 0.757. The molecule has 0 aliphatic heterocycles. The largest absolute Gasteiger partial charge is 0.444 e. The summed E-state index contributed by atoms with van der Waals surface area (Å²) in [6.45, 7) is 8.25.